The van der Waals surface area contributed by atoms with Gasteiger partial charge in [0.15, 0.2) is 0 Å². The molecular weight excluding hydrogens is 326 g/mol. The number of nitrogens with zero attached hydrogens (tertiary/aromatic N) is 2. The molecule has 1 aliphatic heterocycles. The molecule has 0 saturated heterocycles. The number of H-pyrrole nitrogens is 1. The molecule has 2 N–H and O–H groups in total. The van der Waals surface area contributed by atoms with Crippen molar-refractivity contribution in [3.05, 3.63) is 71.4 Å². The lowest BCUT2D eigenvalue weighted by atomic mass is 9.95. The highest BCUT2D eigenvalue weighted by Gasteiger charge is 2.42. The lowest BCUT2D eigenvalue weighted by molar-refractivity contribution is 0.0722. The maximum absolute atomic E-state index is 13.0. The average Bonchev–Trinajstić information content (AvgIpc) is 3.17. The molecule has 4 rings (SSSR count). The summed E-state index contributed by atoms with van der Waals surface area (Å²) in [5.41, 5.74) is 4.22. The van der Waals surface area contributed by atoms with Gasteiger partial charge in [0.1, 0.15) is 11.4 Å². The predicted molar refractivity (Wildman–Crippen MR) is 99.8 cm³/mol. The van der Waals surface area contributed by atoms with Crippen LogP contribution in [-0.2, 0) is 0 Å². The van der Waals surface area contributed by atoms with Crippen molar-refractivity contribution in [1.29, 1.82) is 0 Å². The van der Waals surface area contributed by atoms with Crippen LogP contribution in [0.5, 0.6) is 5.75 Å². The molecule has 0 saturated carbocycles. The van der Waals surface area contributed by atoms with Crippen LogP contribution in [0, 0.1) is 5.92 Å². The van der Waals surface area contributed by atoms with E-state index in [4.69, 9.17) is 0 Å². The Morgan fingerprint density at radius 2 is 1.81 bits per heavy atom. The first-order valence-corrected chi connectivity index (χ1v) is 8.80. The van der Waals surface area contributed by atoms with Crippen molar-refractivity contribution in [3.8, 4) is 17.0 Å². The van der Waals surface area contributed by atoms with Gasteiger partial charge in [-0.3, -0.25) is 9.89 Å². The molecule has 1 aromatic heterocycles. The third kappa shape index (κ3) is 2.65. The summed E-state index contributed by atoms with van der Waals surface area (Å²) in [6.07, 6.45) is 0. The number of benzene rings is 2. The average molecular weight is 347 g/mol. The van der Waals surface area contributed by atoms with Crippen LogP contribution in [-0.4, -0.2) is 32.7 Å². The van der Waals surface area contributed by atoms with E-state index in [1.165, 1.54) is 0 Å². The molecule has 132 valence electrons. The van der Waals surface area contributed by atoms with Gasteiger partial charge in [-0.1, -0.05) is 56.3 Å². The lowest BCUT2D eigenvalue weighted by Gasteiger charge is -2.28. The number of hydrogen-bond donors (Lipinski definition) is 2. The summed E-state index contributed by atoms with van der Waals surface area (Å²) in [6.45, 7) is 4.86. The zero-order valence-electron chi connectivity index (χ0n) is 14.8. The second-order valence-electron chi connectivity index (χ2n) is 7.07. The minimum atomic E-state index is -0.213. The van der Waals surface area contributed by atoms with Gasteiger partial charge < -0.3 is 10.0 Å². The number of fused-ring (bicyclic) bond motifs is 1. The van der Waals surface area contributed by atoms with E-state index in [0.29, 0.717) is 18.2 Å². The maximum atomic E-state index is 13.0. The highest BCUT2D eigenvalue weighted by molar-refractivity contribution is 6.00. The SMILES string of the molecule is CC(C)CN1C(=O)c2[nH]nc(-c3ccccc3)c2C1c1ccc(O)cc1. The molecule has 5 nitrogen and oxygen atoms in total. The minimum Gasteiger partial charge on any atom is -0.508 e. The fourth-order valence-corrected chi connectivity index (χ4v) is 3.60. The number of phenols is 1. The van der Waals surface area contributed by atoms with Gasteiger partial charge >= 0.3 is 0 Å². The smallest absolute Gasteiger partial charge is 0.273 e. The fraction of sp³-hybridized carbons (Fsp3) is 0.238. The van der Waals surface area contributed by atoms with Crippen LogP contribution in [0.25, 0.3) is 11.3 Å². The highest BCUT2D eigenvalue weighted by Crippen LogP contribution is 2.43. The molecule has 0 aliphatic carbocycles. The minimum absolute atomic E-state index is 0.0264. The van der Waals surface area contributed by atoms with Crippen LogP contribution >= 0.6 is 0 Å². The van der Waals surface area contributed by atoms with Crippen LogP contribution in [0.2, 0.25) is 0 Å². The van der Waals surface area contributed by atoms with Crippen molar-refractivity contribution in [3.63, 3.8) is 0 Å². The van der Waals surface area contributed by atoms with Gasteiger partial charge in [-0.25, -0.2) is 0 Å². The quantitative estimate of drug-likeness (QED) is 0.750. The Morgan fingerprint density at radius 3 is 2.46 bits per heavy atom. The molecule has 2 heterocycles. The van der Waals surface area contributed by atoms with E-state index in [-0.39, 0.29) is 17.7 Å². The number of hydrogen-bond acceptors (Lipinski definition) is 3. The van der Waals surface area contributed by atoms with E-state index in [9.17, 15) is 9.90 Å². The Morgan fingerprint density at radius 1 is 1.12 bits per heavy atom. The number of carbonyl (C=O) groups excluding carboxylic acids is 1. The fourth-order valence-electron chi connectivity index (χ4n) is 3.60. The van der Waals surface area contributed by atoms with Crippen molar-refractivity contribution in [2.45, 2.75) is 19.9 Å². The van der Waals surface area contributed by atoms with E-state index in [2.05, 4.69) is 24.0 Å². The Bertz CT molecular complexity index is 930. The molecular formula is C21H21N3O2. The van der Waals surface area contributed by atoms with Crippen LogP contribution < -0.4 is 0 Å². The molecule has 0 bridgehead atoms. The first-order valence-electron chi connectivity index (χ1n) is 8.80. The third-order valence-corrected chi connectivity index (χ3v) is 4.68. The van der Waals surface area contributed by atoms with Gasteiger partial charge in [-0.15, -0.1) is 0 Å². The second kappa shape index (κ2) is 6.33. The van der Waals surface area contributed by atoms with Gasteiger partial charge in [0, 0.05) is 17.7 Å². The highest BCUT2D eigenvalue weighted by atomic mass is 16.3. The van der Waals surface area contributed by atoms with E-state index in [1.807, 2.05) is 47.4 Å². The Balaban J connectivity index is 1.88. The summed E-state index contributed by atoms with van der Waals surface area (Å²) in [7, 11) is 0. The summed E-state index contributed by atoms with van der Waals surface area (Å²) in [4.78, 5) is 14.9. The van der Waals surface area contributed by atoms with Crippen LogP contribution in [0.15, 0.2) is 54.6 Å². The third-order valence-electron chi connectivity index (χ3n) is 4.68. The first kappa shape index (κ1) is 16.4. The van der Waals surface area contributed by atoms with E-state index >= 15 is 0 Å². The molecule has 1 amide bonds. The summed E-state index contributed by atoms with van der Waals surface area (Å²) >= 11 is 0. The summed E-state index contributed by atoms with van der Waals surface area (Å²) in [5, 5.41) is 17.1. The van der Waals surface area contributed by atoms with Gasteiger partial charge in [-0.2, -0.15) is 5.10 Å². The molecule has 0 fully saturated rings. The standard InChI is InChI=1S/C21H21N3O2/c1-13(2)12-24-20(15-8-10-16(25)11-9-15)17-18(14-6-4-3-5-7-14)22-23-19(17)21(24)26/h3-11,13,20,25H,12H2,1-2H3,(H,22,23). The first-order chi connectivity index (χ1) is 12.6. The summed E-state index contributed by atoms with van der Waals surface area (Å²) < 4.78 is 0. The largest absolute Gasteiger partial charge is 0.508 e. The van der Waals surface area contributed by atoms with Gasteiger partial charge in [0.25, 0.3) is 5.91 Å². The van der Waals surface area contributed by atoms with E-state index in [1.54, 1.807) is 12.1 Å². The number of aromatic hydroxyl groups is 1. The number of phenolic OH excluding ortho intramolecular Hbond substituents is 1. The van der Waals surface area contributed by atoms with Crippen LogP contribution in [0.3, 0.4) is 0 Å². The maximum Gasteiger partial charge on any atom is 0.273 e. The monoisotopic (exact) mass is 347 g/mol. The molecule has 1 atom stereocenters. The predicted octanol–water partition coefficient (Wildman–Crippen LogP) is 3.98. The van der Waals surface area contributed by atoms with Crippen LogP contribution in [0.1, 0.15) is 41.5 Å². The number of carbonyl (C=O) groups is 1. The van der Waals surface area contributed by atoms with E-state index < -0.39 is 0 Å². The molecule has 0 radical (unpaired) electrons. The van der Waals surface area contributed by atoms with Crippen molar-refractivity contribution >= 4 is 5.91 Å². The number of aromatic nitrogens is 2. The zero-order valence-corrected chi connectivity index (χ0v) is 14.8. The number of rotatable bonds is 4. The zero-order chi connectivity index (χ0) is 18.3. The molecule has 1 unspecified atom stereocenters. The van der Waals surface area contributed by atoms with Gasteiger partial charge in [0.05, 0.1) is 11.7 Å². The Labute approximate surface area is 152 Å². The van der Waals surface area contributed by atoms with Gasteiger partial charge in [0.2, 0.25) is 0 Å². The van der Waals surface area contributed by atoms with Crippen molar-refractivity contribution in [2.75, 3.05) is 6.54 Å². The lowest BCUT2D eigenvalue weighted by Crippen LogP contribution is -2.32. The Kier molecular flexibility index (Phi) is 3.99. The summed E-state index contributed by atoms with van der Waals surface area (Å²) in [6, 6.07) is 16.7. The number of nitrogens with one attached hydrogen (secondary N) is 1. The Hall–Kier alpha value is -3.08. The van der Waals surface area contributed by atoms with Crippen molar-refractivity contribution < 1.29 is 9.90 Å². The molecule has 1 aliphatic rings. The normalized spacial score (nSPS) is 16.3. The number of aromatic amines is 1. The second-order valence-corrected chi connectivity index (χ2v) is 7.07. The molecule has 3 aromatic rings. The van der Waals surface area contributed by atoms with Crippen molar-refractivity contribution in [2.24, 2.45) is 5.92 Å². The molecule has 26 heavy (non-hydrogen) atoms. The van der Waals surface area contributed by atoms with Crippen LogP contribution in [0.4, 0.5) is 0 Å². The molecule has 0 spiro atoms. The molecule has 5 heteroatoms. The van der Waals surface area contributed by atoms with E-state index in [0.717, 1.165) is 22.4 Å². The van der Waals surface area contributed by atoms with Crippen molar-refractivity contribution in [1.82, 2.24) is 15.1 Å². The summed E-state index contributed by atoms with van der Waals surface area (Å²) in [5.74, 6) is 0.529. The van der Waals surface area contributed by atoms with Gasteiger partial charge in [-0.05, 0) is 23.6 Å². The molecule has 2 aromatic carbocycles. The number of amides is 1. The topological polar surface area (TPSA) is 69.2 Å².